The van der Waals surface area contributed by atoms with E-state index in [4.69, 9.17) is 23.1 Å². The first kappa shape index (κ1) is 29.8. The Labute approximate surface area is 238 Å². The van der Waals surface area contributed by atoms with Gasteiger partial charge >= 0.3 is 6.36 Å². The van der Waals surface area contributed by atoms with Crippen molar-refractivity contribution >= 4 is 49.9 Å². The molecule has 0 saturated carbocycles. The number of nitrogens with one attached hydrogen (secondary N) is 1. The number of amides is 1. The van der Waals surface area contributed by atoms with Gasteiger partial charge in [0.1, 0.15) is 17.4 Å². The van der Waals surface area contributed by atoms with Gasteiger partial charge in [-0.3, -0.25) is 4.79 Å². The number of carbonyl (C=O) groups is 1. The van der Waals surface area contributed by atoms with Crippen LogP contribution in [0.5, 0.6) is 5.75 Å². The number of ether oxygens (including phenoxy) is 1. The number of halogens is 4. The zero-order valence-electron chi connectivity index (χ0n) is 21.6. The number of likely N-dealkylation sites (N-methyl/N-ethyl adjacent to an activating group) is 1. The summed E-state index contributed by atoms with van der Waals surface area (Å²) in [4.78, 5) is 20.8. The van der Waals surface area contributed by atoms with E-state index in [0.717, 1.165) is 10.4 Å². The van der Waals surface area contributed by atoms with Crippen LogP contribution in [0.3, 0.4) is 0 Å². The lowest BCUT2D eigenvalue weighted by Gasteiger charge is -2.27. The first-order valence-electron chi connectivity index (χ1n) is 11.9. The number of sulfonamides is 1. The van der Waals surface area contributed by atoms with E-state index in [9.17, 15) is 26.4 Å². The molecule has 0 spiro atoms. The highest BCUT2D eigenvalue weighted by Gasteiger charge is 2.32. The number of aromatic nitrogens is 2. The summed E-state index contributed by atoms with van der Waals surface area (Å²) in [7, 11) is -2.68. The summed E-state index contributed by atoms with van der Waals surface area (Å²) in [5, 5.41) is 3.21. The SMILES string of the molecule is Cc1nc(N[C@H](CN(C)S(=O)(=O)c2ccc(N)cc2)c2ccc(OC(F)(F)F)c(Cl)c2)c2cccc(C(N)=O)c2n1. The molecule has 0 unspecified atom stereocenters. The maximum absolute atomic E-state index is 13.3. The van der Waals surface area contributed by atoms with Crippen LogP contribution in [0.1, 0.15) is 27.8 Å². The summed E-state index contributed by atoms with van der Waals surface area (Å²) in [6.45, 7) is 1.37. The normalized spacial score (nSPS) is 12.9. The minimum absolute atomic E-state index is 0.0191. The van der Waals surface area contributed by atoms with E-state index in [1.165, 1.54) is 49.5 Å². The van der Waals surface area contributed by atoms with Gasteiger partial charge in [-0.15, -0.1) is 13.2 Å². The molecule has 1 amide bonds. The number of hydrogen-bond donors (Lipinski definition) is 3. The number of benzene rings is 3. The number of rotatable bonds is 9. The molecule has 10 nitrogen and oxygen atoms in total. The highest BCUT2D eigenvalue weighted by atomic mass is 35.5. The molecule has 0 saturated heterocycles. The number of nitrogens with two attached hydrogens (primary N) is 2. The van der Waals surface area contributed by atoms with Crippen LogP contribution in [0.2, 0.25) is 5.02 Å². The molecule has 0 aliphatic carbocycles. The molecule has 0 aliphatic heterocycles. The standard InChI is InChI=1S/C26H24ClF3N6O4S/c1-14-33-23-18(24(32)37)4-3-5-19(23)25(34-14)35-21(15-6-11-22(20(27)12-15)40-26(28,29)30)13-36(2)41(38,39)17-9-7-16(31)8-10-17/h3-12,21H,13,31H2,1-2H3,(H2,32,37)(H,33,34,35)/t21-/m1/s1. The van der Waals surface area contributed by atoms with Crippen LogP contribution in [-0.4, -0.2) is 48.6 Å². The van der Waals surface area contributed by atoms with E-state index >= 15 is 0 Å². The van der Waals surface area contributed by atoms with Crippen molar-refractivity contribution in [3.63, 3.8) is 0 Å². The average Bonchev–Trinajstić information content (AvgIpc) is 2.88. The lowest BCUT2D eigenvalue weighted by molar-refractivity contribution is -0.274. The molecule has 15 heteroatoms. The zero-order chi connectivity index (χ0) is 30.1. The molecule has 0 aliphatic rings. The van der Waals surface area contributed by atoms with Crippen molar-refractivity contribution in [3.8, 4) is 5.75 Å². The number of aryl methyl sites for hydroxylation is 1. The monoisotopic (exact) mass is 608 g/mol. The molecule has 216 valence electrons. The third-order valence-electron chi connectivity index (χ3n) is 6.03. The number of nitrogens with zero attached hydrogens (tertiary/aromatic N) is 3. The molecular formula is C26H24ClF3N6O4S. The summed E-state index contributed by atoms with van der Waals surface area (Å²) in [6, 6.07) is 13.0. The third-order valence-corrected chi connectivity index (χ3v) is 8.16. The van der Waals surface area contributed by atoms with Crippen molar-refractivity contribution in [1.82, 2.24) is 14.3 Å². The third kappa shape index (κ3) is 6.78. The fourth-order valence-corrected chi connectivity index (χ4v) is 5.50. The predicted molar refractivity (Wildman–Crippen MR) is 148 cm³/mol. The molecule has 1 aromatic heterocycles. The number of primary amides is 1. The van der Waals surface area contributed by atoms with Gasteiger partial charge in [0.2, 0.25) is 10.0 Å². The molecule has 0 bridgehead atoms. The Morgan fingerprint density at radius 3 is 2.41 bits per heavy atom. The maximum atomic E-state index is 13.3. The van der Waals surface area contributed by atoms with Crippen molar-refractivity contribution in [3.05, 3.63) is 82.6 Å². The first-order chi connectivity index (χ1) is 19.2. The summed E-state index contributed by atoms with van der Waals surface area (Å²) < 4.78 is 70.1. The van der Waals surface area contributed by atoms with E-state index < -0.39 is 34.1 Å². The molecule has 5 N–H and O–H groups in total. The highest BCUT2D eigenvalue weighted by molar-refractivity contribution is 7.89. The van der Waals surface area contributed by atoms with Crippen LogP contribution < -0.4 is 21.5 Å². The Kier molecular flexibility index (Phi) is 8.29. The largest absolute Gasteiger partial charge is 0.573 e. The molecular weight excluding hydrogens is 585 g/mol. The van der Waals surface area contributed by atoms with Crippen LogP contribution in [0.15, 0.2) is 65.6 Å². The Hall–Kier alpha value is -4.14. The van der Waals surface area contributed by atoms with Gasteiger partial charge in [-0.25, -0.2) is 18.4 Å². The summed E-state index contributed by atoms with van der Waals surface area (Å²) >= 11 is 6.12. The Morgan fingerprint density at radius 1 is 1.12 bits per heavy atom. The quantitative estimate of drug-likeness (QED) is 0.232. The molecule has 41 heavy (non-hydrogen) atoms. The number of hydrogen-bond acceptors (Lipinski definition) is 8. The van der Waals surface area contributed by atoms with Gasteiger partial charge in [-0.2, -0.15) is 4.31 Å². The second-order valence-corrected chi connectivity index (χ2v) is 11.4. The minimum Gasteiger partial charge on any atom is -0.404 e. The van der Waals surface area contributed by atoms with Gasteiger partial charge in [0, 0.05) is 24.7 Å². The number of fused-ring (bicyclic) bond motifs is 1. The fraction of sp³-hybridized carbons (Fsp3) is 0.192. The van der Waals surface area contributed by atoms with E-state index in [0.29, 0.717) is 16.6 Å². The van der Waals surface area contributed by atoms with Crippen molar-refractivity contribution < 1.29 is 31.1 Å². The molecule has 0 fully saturated rings. The molecule has 4 aromatic rings. The Morgan fingerprint density at radius 2 is 1.80 bits per heavy atom. The highest BCUT2D eigenvalue weighted by Crippen LogP contribution is 2.34. The predicted octanol–water partition coefficient (Wildman–Crippen LogP) is 4.65. The van der Waals surface area contributed by atoms with Gasteiger partial charge in [0.15, 0.2) is 0 Å². The van der Waals surface area contributed by atoms with Gasteiger partial charge < -0.3 is 21.5 Å². The maximum Gasteiger partial charge on any atom is 0.573 e. The lowest BCUT2D eigenvalue weighted by Crippen LogP contribution is -2.34. The summed E-state index contributed by atoms with van der Waals surface area (Å²) in [5.74, 6) is -0.829. The number of carbonyl (C=O) groups excluding carboxylic acids is 1. The number of nitrogen functional groups attached to an aromatic ring is 1. The summed E-state index contributed by atoms with van der Waals surface area (Å²) in [6.07, 6.45) is -4.97. The van der Waals surface area contributed by atoms with Crippen molar-refractivity contribution in [2.24, 2.45) is 5.73 Å². The van der Waals surface area contributed by atoms with Crippen LogP contribution in [0.25, 0.3) is 10.9 Å². The fourth-order valence-electron chi connectivity index (χ4n) is 4.09. The molecule has 4 rings (SSSR count). The van der Waals surface area contributed by atoms with E-state index in [1.54, 1.807) is 19.1 Å². The van der Waals surface area contributed by atoms with E-state index in [-0.39, 0.29) is 39.2 Å². The van der Waals surface area contributed by atoms with Crippen LogP contribution >= 0.6 is 11.6 Å². The second-order valence-electron chi connectivity index (χ2n) is 8.97. The topological polar surface area (TPSA) is 154 Å². The molecule has 1 heterocycles. The number of alkyl halides is 3. The number of para-hydroxylation sites is 1. The average molecular weight is 609 g/mol. The smallest absolute Gasteiger partial charge is 0.404 e. The van der Waals surface area contributed by atoms with Gasteiger partial charge in [0.25, 0.3) is 5.91 Å². The molecule has 1 atom stereocenters. The first-order valence-corrected chi connectivity index (χ1v) is 13.7. The van der Waals surface area contributed by atoms with Crippen LogP contribution in [-0.2, 0) is 10.0 Å². The zero-order valence-corrected chi connectivity index (χ0v) is 23.2. The van der Waals surface area contributed by atoms with Crippen LogP contribution in [0.4, 0.5) is 24.7 Å². The Balaban J connectivity index is 1.79. The second kappa shape index (κ2) is 11.4. The lowest BCUT2D eigenvalue weighted by atomic mass is 10.1. The molecule has 3 aromatic carbocycles. The molecule has 0 radical (unpaired) electrons. The van der Waals surface area contributed by atoms with E-state index in [2.05, 4.69) is 20.0 Å². The number of anilines is 2. The summed E-state index contributed by atoms with van der Waals surface area (Å²) in [5.41, 5.74) is 12.3. The van der Waals surface area contributed by atoms with Crippen LogP contribution in [0, 0.1) is 6.92 Å². The van der Waals surface area contributed by atoms with Gasteiger partial charge in [0.05, 0.1) is 27.0 Å². The Bertz CT molecular complexity index is 1720. The van der Waals surface area contributed by atoms with E-state index in [1.807, 2.05) is 0 Å². The van der Waals surface area contributed by atoms with Gasteiger partial charge in [-0.1, -0.05) is 23.7 Å². The van der Waals surface area contributed by atoms with Crippen molar-refractivity contribution in [1.29, 1.82) is 0 Å². The van der Waals surface area contributed by atoms with Crippen molar-refractivity contribution in [2.75, 3.05) is 24.6 Å². The minimum atomic E-state index is -4.97. The van der Waals surface area contributed by atoms with Crippen molar-refractivity contribution in [2.45, 2.75) is 24.2 Å². The van der Waals surface area contributed by atoms with Gasteiger partial charge in [-0.05, 0) is 61.0 Å².